The van der Waals surface area contributed by atoms with Crippen LogP contribution in [0.25, 0.3) is 0 Å². The smallest absolute Gasteiger partial charge is 0.323 e. The summed E-state index contributed by atoms with van der Waals surface area (Å²) in [6.07, 6.45) is 0.164. The summed E-state index contributed by atoms with van der Waals surface area (Å²) in [7, 11) is 1.46. The molecule has 0 heterocycles. The van der Waals surface area contributed by atoms with Crippen molar-refractivity contribution in [2.45, 2.75) is 13.3 Å². The van der Waals surface area contributed by atoms with Crippen LogP contribution in [-0.4, -0.2) is 42.1 Å². The SMILES string of the molecule is Cc1ccc(OCCC(=O)N(C)CC(=O)O)cc1. The first-order valence-corrected chi connectivity index (χ1v) is 5.64. The highest BCUT2D eigenvalue weighted by Gasteiger charge is 2.11. The molecule has 0 aliphatic rings. The predicted molar refractivity (Wildman–Crippen MR) is 66.6 cm³/mol. The molecule has 5 heteroatoms. The van der Waals surface area contributed by atoms with E-state index in [1.807, 2.05) is 31.2 Å². The maximum atomic E-state index is 11.5. The zero-order valence-corrected chi connectivity index (χ0v) is 10.5. The van der Waals surface area contributed by atoms with E-state index in [0.29, 0.717) is 5.75 Å². The van der Waals surface area contributed by atoms with E-state index in [1.54, 1.807) is 0 Å². The summed E-state index contributed by atoms with van der Waals surface area (Å²) in [6.45, 7) is 1.93. The third kappa shape index (κ3) is 4.86. The number of hydrogen-bond donors (Lipinski definition) is 1. The van der Waals surface area contributed by atoms with Gasteiger partial charge in [0.15, 0.2) is 0 Å². The summed E-state index contributed by atoms with van der Waals surface area (Å²) < 4.78 is 5.39. The second-order valence-corrected chi connectivity index (χ2v) is 4.06. The van der Waals surface area contributed by atoms with Gasteiger partial charge in [0, 0.05) is 7.05 Å². The van der Waals surface area contributed by atoms with Crippen LogP contribution in [0.5, 0.6) is 5.75 Å². The number of carboxylic acids is 1. The van der Waals surface area contributed by atoms with E-state index in [2.05, 4.69) is 0 Å². The number of carbonyl (C=O) groups excluding carboxylic acids is 1. The number of rotatable bonds is 6. The fourth-order valence-corrected chi connectivity index (χ4v) is 1.37. The molecule has 0 aromatic heterocycles. The van der Waals surface area contributed by atoms with Crippen molar-refractivity contribution in [2.75, 3.05) is 20.2 Å². The van der Waals surface area contributed by atoms with Gasteiger partial charge in [0.05, 0.1) is 13.0 Å². The van der Waals surface area contributed by atoms with Gasteiger partial charge in [-0.05, 0) is 19.1 Å². The first kappa shape index (κ1) is 14.0. The maximum absolute atomic E-state index is 11.5. The van der Waals surface area contributed by atoms with Crippen LogP contribution in [0.1, 0.15) is 12.0 Å². The molecule has 0 saturated heterocycles. The average Bonchev–Trinajstić information content (AvgIpc) is 2.30. The Labute approximate surface area is 106 Å². The van der Waals surface area contributed by atoms with Gasteiger partial charge in [0.2, 0.25) is 5.91 Å². The van der Waals surface area contributed by atoms with Crippen LogP contribution in [-0.2, 0) is 9.59 Å². The lowest BCUT2D eigenvalue weighted by atomic mass is 10.2. The molecule has 0 bridgehead atoms. The van der Waals surface area contributed by atoms with Crippen molar-refractivity contribution < 1.29 is 19.4 Å². The highest BCUT2D eigenvalue weighted by atomic mass is 16.5. The first-order valence-electron chi connectivity index (χ1n) is 5.64. The van der Waals surface area contributed by atoms with Gasteiger partial charge in [-0.15, -0.1) is 0 Å². The lowest BCUT2D eigenvalue weighted by molar-refractivity contribution is -0.143. The monoisotopic (exact) mass is 251 g/mol. The number of carboxylic acid groups (broad SMARTS) is 1. The van der Waals surface area contributed by atoms with Crippen LogP contribution < -0.4 is 4.74 Å². The third-order valence-electron chi connectivity index (χ3n) is 2.40. The molecule has 1 amide bonds. The van der Waals surface area contributed by atoms with Gasteiger partial charge in [0.25, 0.3) is 0 Å². The number of hydrogen-bond acceptors (Lipinski definition) is 3. The molecule has 1 aromatic carbocycles. The Morgan fingerprint density at radius 1 is 1.28 bits per heavy atom. The molecule has 0 aliphatic heterocycles. The van der Waals surface area contributed by atoms with Gasteiger partial charge < -0.3 is 14.7 Å². The second-order valence-electron chi connectivity index (χ2n) is 4.06. The number of likely N-dealkylation sites (N-methyl/N-ethyl adjacent to an activating group) is 1. The summed E-state index contributed by atoms with van der Waals surface area (Å²) in [6, 6.07) is 7.52. The number of benzene rings is 1. The van der Waals surface area contributed by atoms with Crippen molar-refractivity contribution in [2.24, 2.45) is 0 Å². The highest BCUT2D eigenvalue weighted by molar-refractivity contribution is 5.81. The number of aryl methyl sites for hydroxylation is 1. The van der Waals surface area contributed by atoms with Crippen molar-refractivity contribution in [3.63, 3.8) is 0 Å². The minimum Gasteiger partial charge on any atom is -0.493 e. The summed E-state index contributed by atoms with van der Waals surface area (Å²) in [4.78, 5) is 23.1. The highest BCUT2D eigenvalue weighted by Crippen LogP contribution is 2.11. The van der Waals surface area contributed by atoms with E-state index in [9.17, 15) is 9.59 Å². The molecule has 18 heavy (non-hydrogen) atoms. The Morgan fingerprint density at radius 3 is 2.44 bits per heavy atom. The van der Waals surface area contributed by atoms with E-state index in [-0.39, 0.29) is 25.5 Å². The van der Waals surface area contributed by atoms with Crippen LogP contribution in [0, 0.1) is 6.92 Å². The van der Waals surface area contributed by atoms with Crippen molar-refractivity contribution in [3.8, 4) is 5.75 Å². The molecule has 0 spiro atoms. The second kappa shape index (κ2) is 6.64. The van der Waals surface area contributed by atoms with E-state index in [0.717, 1.165) is 5.56 Å². The molecule has 0 saturated carbocycles. The minimum atomic E-state index is -1.02. The first-order chi connectivity index (χ1) is 8.49. The topological polar surface area (TPSA) is 66.8 Å². The van der Waals surface area contributed by atoms with Crippen LogP contribution >= 0.6 is 0 Å². The molecule has 0 unspecified atom stereocenters. The summed E-state index contributed by atoms with van der Waals surface area (Å²) in [5.41, 5.74) is 1.14. The Hall–Kier alpha value is -2.04. The van der Waals surface area contributed by atoms with Crippen molar-refractivity contribution in [1.82, 2.24) is 4.90 Å². The van der Waals surface area contributed by atoms with Gasteiger partial charge in [-0.3, -0.25) is 9.59 Å². The lowest BCUT2D eigenvalue weighted by Gasteiger charge is -2.14. The van der Waals surface area contributed by atoms with Crippen LogP contribution in [0.15, 0.2) is 24.3 Å². The average molecular weight is 251 g/mol. The quantitative estimate of drug-likeness (QED) is 0.827. The van der Waals surface area contributed by atoms with E-state index in [4.69, 9.17) is 9.84 Å². The number of carbonyl (C=O) groups is 2. The maximum Gasteiger partial charge on any atom is 0.323 e. The minimum absolute atomic E-state index is 0.164. The zero-order valence-electron chi connectivity index (χ0n) is 10.5. The third-order valence-corrected chi connectivity index (χ3v) is 2.40. The molecule has 0 atom stereocenters. The van der Waals surface area contributed by atoms with E-state index in [1.165, 1.54) is 11.9 Å². The number of nitrogens with zero attached hydrogens (tertiary/aromatic N) is 1. The molecule has 98 valence electrons. The summed E-state index contributed by atoms with van der Waals surface area (Å²) in [5.74, 6) is -0.566. The van der Waals surface area contributed by atoms with Gasteiger partial charge in [-0.25, -0.2) is 0 Å². The fraction of sp³-hybridized carbons (Fsp3) is 0.385. The molecule has 0 radical (unpaired) electrons. The van der Waals surface area contributed by atoms with Crippen LogP contribution in [0.3, 0.4) is 0 Å². The van der Waals surface area contributed by atoms with Gasteiger partial charge in [-0.2, -0.15) is 0 Å². The van der Waals surface area contributed by atoms with E-state index < -0.39 is 5.97 Å². The lowest BCUT2D eigenvalue weighted by Crippen LogP contribution is -2.32. The Kier molecular flexibility index (Phi) is 5.17. The Morgan fingerprint density at radius 2 is 1.89 bits per heavy atom. The molecule has 1 aromatic rings. The van der Waals surface area contributed by atoms with Crippen LogP contribution in [0.2, 0.25) is 0 Å². The summed E-state index contributed by atoms with van der Waals surface area (Å²) in [5, 5.41) is 8.54. The largest absolute Gasteiger partial charge is 0.493 e. The molecule has 1 N–H and O–H groups in total. The Balaban J connectivity index is 2.31. The van der Waals surface area contributed by atoms with E-state index >= 15 is 0 Å². The normalized spacial score (nSPS) is 9.89. The molecule has 0 aliphatic carbocycles. The number of aliphatic carboxylic acids is 1. The van der Waals surface area contributed by atoms with Gasteiger partial charge >= 0.3 is 5.97 Å². The molecular formula is C13H17NO4. The Bertz CT molecular complexity index is 414. The predicted octanol–water partition coefficient (Wildman–Crippen LogP) is 1.31. The molecular weight excluding hydrogens is 234 g/mol. The number of amides is 1. The van der Waals surface area contributed by atoms with Crippen molar-refractivity contribution in [1.29, 1.82) is 0 Å². The molecule has 0 fully saturated rings. The standard InChI is InChI=1S/C13H17NO4/c1-10-3-5-11(6-4-10)18-8-7-12(15)14(2)9-13(16)17/h3-6H,7-9H2,1-2H3,(H,16,17). The fourth-order valence-electron chi connectivity index (χ4n) is 1.37. The van der Waals surface area contributed by atoms with Gasteiger partial charge in [0.1, 0.15) is 12.3 Å². The molecule has 1 rings (SSSR count). The zero-order chi connectivity index (χ0) is 13.5. The van der Waals surface area contributed by atoms with Crippen molar-refractivity contribution in [3.05, 3.63) is 29.8 Å². The van der Waals surface area contributed by atoms with Gasteiger partial charge in [-0.1, -0.05) is 17.7 Å². The summed E-state index contributed by atoms with van der Waals surface area (Å²) >= 11 is 0. The number of ether oxygens (including phenoxy) is 1. The molecule has 5 nitrogen and oxygen atoms in total. The van der Waals surface area contributed by atoms with Crippen molar-refractivity contribution >= 4 is 11.9 Å². The van der Waals surface area contributed by atoms with Crippen LogP contribution in [0.4, 0.5) is 0 Å².